The topological polar surface area (TPSA) is 34.1 Å². The van der Waals surface area contributed by atoms with Gasteiger partial charge in [-0.15, -0.1) is 0 Å². The molecule has 1 unspecified atom stereocenters. The number of ether oxygens (including phenoxy) is 1. The fourth-order valence-corrected chi connectivity index (χ4v) is 3.06. The second-order valence-corrected chi connectivity index (χ2v) is 6.00. The lowest BCUT2D eigenvalue weighted by molar-refractivity contribution is 0.176. The molecular formula is C18H21FN2O. The van der Waals surface area contributed by atoms with Gasteiger partial charge in [-0.2, -0.15) is 0 Å². The van der Waals surface area contributed by atoms with Gasteiger partial charge >= 0.3 is 0 Å². The molecule has 1 N–H and O–H groups in total. The Bertz CT molecular complexity index is 638. The molecule has 116 valence electrons. The Morgan fingerprint density at radius 1 is 1.32 bits per heavy atom. The van der Waals surface area contributed by atoms with E-state index in [9.17, 15) is 4.39 Å². The number of aromatic nitrogens is 1. The zero-order chi connectivity index (χ0) is 15.4. The van der Waals surface area contributed by atoms with Crippen molar-refractivity contribution in [2.75, 3.05) is 19.8 Å². The minimum atomic E-state index is -0.187. The van der Waals surface area contributed by atoms with Crippen molar-refractivity contribution in [2.24, 2.45) is 0 Å². The predicted octanol–water partition coefficient (Wildman–Crippen LogP) is 2.98. The number of pyridine rings is 1. The molecule has 0 saturated carbocycles. The summed E-state index contributed by atoms with van der Waals surface area (Å²) in [5.41, 5.74) is 3.11. The third-order valence-electron chi connectivity index (χ3n) is 4.29. The van der Waals surface area contributed by atoms with E-state index in [-0.39, 0.29) is 11.2 Å². The summed E-state index contributed by atoms with van der Waals surface area (Å²) in [5.74, 6) is -0.187. The first-order valence-corrected chi connectivity index (χ1v) is 7.64. The van der Waals surface area contributed by atoms with Gasteiger partial charge in [-0.1, -0.05) is 12.1 Å². The van der Waals surface area contributed by atoms with E-state index in [1.165, 1.54) is 11.6 Å². The minimum Gasteiger partial charge on any atom is -0.380 e. The van der Waals surface area contributed by atoms with Crippen LogP contribution in [0.15, 0.2) is 42.6 Å². The molecule has 2 heterocycles. The van der Waals surface area contributed by atoms with Crippen LogP contribution in [0.1, 0.15) is 23.2 Å². The van der Waals surface area contributed by atoms with Gasteiger partial charge < -0.3 is 10.1 Å². The largest absolute Gasteiger partial charge is 0.380 e. The quantitative estimate of drug-likeness (QED) is 0.922. The molecule has 1 aliphatic heterocycles. The van der Waals surface area contributed by atoms with Gasteiger partial charge in [-0.3, -0.25) is 4.98 Å². The van der Waals surface area contributed by atoms with Gasteiger partial charge in [-0.25, -0.2) is 4.39 Å². The van der Waals surface area contributed by atoms with Crippen LogP contribution < -0.4 is 5.32 Å². The van der Waals surface area contributed by atoms with Crippen molar-refractivity contribution in [2.45, 2.75) is 25.3 Å². The molecule has 1 aliphatic rings. The third-order valence-corrected chi connectivity index (χ3v) is 4.29. The third kappa shape index (κ3) is 3.34. The van der Waals surface area contributed by atoms with Crippen LogP contribution in [0.5, 0.6) is 0 Å². The first-order chi connectivity index (χ1) is 10.7. The van der Waals surface area contributed by atoms with E-state index in [0.717, 1.165) is 37.4 Å². The van der Waals surface area contributed by atoms with E-state index in [1.54, 1.807) is 12.1 Å². The molecule has 1 saturated heterocycles. The van der Waals surface area contributed by atoms with E-state index in [0.29, 0.717) is 6.61 Å². The molecule has 0 amide bonds. The standard InChI is InChI=1S/C18H21FN2O/c1-14-9-15(5-7-21-14)11-20-12-18(6-8-22-13-18)16-3-2-4-17(19)10-16/h2-5,7,9-10,20H,6,8,11-13H2,1H3. The number of nitrogens with zero attached hydrogens (tertiary/aromatic N) is 1. The number of hydrogen-bond acceptors (Lipinski definition) is 3. The molecule has 1 fully saturated rings. The monoisotopic (exact) mass is 300 g/mol. The number of rotatable bonds is 5. The van der Waals surface area contributed by atoms with Crippen molar-refractivity contribution >= 4 is 0 Å². The van der Waals surface area contributed by atoms with Gasteiger partial charge in [-0.05, 0) is 48.7 Å². The maximum absolute atomic E-state index is 13.6. The molecule has 3 rings (SSSR count). The Hall–Kier alpha value is -1.78. The number of halogens is 1. The second kappa shape index (κ2) is 6.55. The number of hydrogen-bond donors (Lipinski definition) is 1. The van der Waals surface area contributed by atoms with Crippen LogP contribution in [0, 0.1) is 12.7 Å². The van der Waals surface area contributed by atoms with E-state index in [1.807, 2.05) is 25.3 Å². The van der Waals surface area contributed by atoms with Gasteiger partial charge in [0.1, 0.15) is 5.82 Å². The lowest BCUT2D eigenvalue weighted by atomic mass is 9.79. The molecule has 0 bridgehead atoms. The molecule has 3 nitrogen and oxygen atoms in total. The summed E-state index contributed by atoms with van der Waals surface area (Å²) in [6, 6.07) is 11.0. The Morgan fingerprint density at radius 3 is 2.95 bits per heavy atom. The van der Waals surface area contributed by atoms with E-state index < -0.39 is 0 Å². The molecule has 22 heavy (non-hydrogen) atoms. The average Bonchev–Trinajstić information content (AvgIpc) is 2.97. The number of benzene rings is 1. The SMILES string of the molecule is Cc1cc(CNCC2(c3cccc(F)c3)CCOC2)ccn1. The van der Waals surface area contributed by atoms with E-state index in [2.05, 4.69) is 16.4 Å². The Kier molecular flexibility index (Phi) is 4.50. The molecule has 1 atom stereocenters. The van der Waals surface area contributed by atoms with Crippen LogP contribution in [0.3, 0.4) is 0 Å². The molecule has 1 aromatic heterocycles. The predicted molar refractivity (Wildman–Crippen MR) is 84.2 cm³/mol. The Balaban J connectivity index is 1.70. The van der Waals surface area contributed by atoms with Crippen molar-refractivity contribution in [1.82, 2.24) is 10.3 Å². The minimum absolute atomic E-state index is 0.135. The summed E-state index contributed by atoms with van der Waals surface area (Å²) >= 11 is 0. The average molecular weight is 300 g/mol. The van der Waals surface area contributed by atoms with E-state index in [4.69, 9.17) is 4.74 Å². The molecule has 4 heteroatoms. The zero-order valence-corrected chi connectivity index (χ0v) is 12.8. The van der Waals surface area contributed by atoms with Crippen LogP contribution in [0.25, 0.3) is 0 Å². The fourth-order valence-electron chi connectivity index (χ4n) is 3.06. The molecule has 0 radical (unpaired) electrons. The van der Waals surface area contributed by atoms with Gasteiger partial charge in [0.15, 0.2) is 0 Å². The van der Waals surface area contributed by atoms with Crippen molar-refractivity contribution in [3.63, 3.8) is 0 Å². The van der Waals surface area contributed by atoms with E-state index >= 15 is 0 Å². The maximum Gasteiger partial charge on any atom is 0.123 e. The highest BCUT2D eigenvalue weighted by molar-refractivity contribution is 5.28. The van der Waals surface area contributed by atoms with Crippen LogP contribution in [0.4, 0.5) is 4.39 Å². The number of nitrogens with one attached hydrogen (secondary N) is 1. The van der Waals surface area contributed by atoms with Crippen molar-refractivity contribution in [3.05, 3.63) is 65.2 Å². The Morgan fingerprint density at radius 2 is 2.23 bits per heavy atom. The molecule has 0 spiro atoms. The van der Waals surface area contributed by atoms with Crippen molar-refractivity contribution in [3.8, 4) is 0 Å². The summed E-state index contributed by atoms with van der Waals surface area (Å²) in [4.78, 5) is 4.21. The van der Waals surface area contributed by atoms with Crippen LogP contribution >= 0.6 is 0 Å². The highest BCUT2D eigenvalue weighted by atomic mass is 19.1. The normalized spacial score (nSPS) is 21.2. The highest BCUT2D eigenvalue weighted by Gasteiger charge is 2.36. The van der Waals surface area contributed by atoms with Gasteiger partial charge in [0.25, 0.3) is 0 Å². The molecule has 2 aromatic rings. The fraction of sp³-hybridized carbons (Fsp3) is 0.389. The lowest BCUT2D eigenvalue weighted by Crippen LogP contribution is -2.38. The molecule has 1 aromatic carbocycles. The number of aryl methyl sites for hydroxylation is 1. The van der Waals surface area contributed by atoms with Crippen LogP contribution in [0.2, 0.25) is 0 Å². The van der Waals surface area contributed by atoms with Crippen LogP contribution in [-0.4, -0.2) is 24.7 Å². The van der Waals surface area contributed by atoms with Crippen LogP contribution in [-0.2, 0) is 16.7 Å². The molecule has 0 aliphatic carbocycles. The lowest BCUT2D eigenvalue weighted by Gasteiger charge is -2.28. The molecular weight excluding hydrogens is 279 g/mol. The maximum atomic E-state index is 13.6. The summed E-state index contributed by atoms with van der Waals surface area (Å²) in [6.07, 6.45) is 2.74. The van der Waals surface area contributed by atoms with Crippen molar-refractivity contribution in [1.29, 1.82) is 0 Å². The van der Waals surface area contributed by atoms with Crippen molar-refractivity contribution < 1.29 is 9.13 Å². The summed E-state index contributed by atoms with van der Waals surface area (Å²) in [6.45, 7) is 4.91. The smallest absolute Gasteiger partial charge is 0.123 e. The first-order valence-electron chi connectivity index (χ1n) is 7.64. The summed E-state index contributed by atoms with van der Waals surface area (Å²) in [7, 11) is 0. The Labute approximate surface area is 130 Å². The van der Waals surface area contributed by atoms with Gasteiger partial charge in [0.2, 0.25) is 0 Å². The summed E-state index contributed by atoms with van der Waals surface area (Å²) in [5, 5.41) is 3.50. The van der Waals surface area contributed by atoms with Gasteiger partial charge in [0.05, 0.1) is 6.61 Å². The highest BCUT2D eigenvalue weighted by Crippen LogP contribution is 2.33. The zero-order valence-electron chi connectivity index (χ0n) is 12.8. The van der Waals surface area contributed by atoms with Gasteiger partial charge in [0, 0.05) is 37.0 Å². The first kappa shape index (κ1) is 15.1. The second-order valence-electron chi connectivity index (χ2n) is 6.00. The summed E-state index contributed by atoms with van der Waals surface area (Å²) < 4.78 is 19.2.